The van der Waals surface area contributed by atoms with E-state index >= 15 is 0 Å². The van der Waals surface area contributed by atoms with Gasteiger partial charge in [0.1, 0.15) is 11.6 Å². The highest BCUT2D eigenvalue weighted by Crippen LogP contribution is 2.17. The van der Waals surface area contributed by atoms with E-state index in [0.717, 1.165) is 13.0 Å². The lowest BCUT2D eigenvalue weighted by Gasteiger charge is -2.41. The maximum absolute atomic E-state index is 12.2. The van der Waals surface area contributed by atoms with Gasteiger partial charge in [-0.2, -0.15) is 0 Å². The first-order chi connectivity index (χ1) is 8.75. The lowest BCUT2D eigenvalue weighted by atomic mass is 9.97. The van der Waals surface area contributed by atoms with Gasteiger partial charge in [0.25, 0.3) is 0 Å². The molecule has 0 saturated carbocycles. The standard InChI is InChI=1S/C14H26N2O3/c1-10(2)9-19-8-6-7-16-11(3)12(17)15-14(4,5)13(16)18/h10-11H,6-9H2,1-5H3,(H,15,17). The quantitative estimate of drug-likeness (QED) is 0.737. The van der Waals surface area contributed by atoms with E-state index in [4.69, 9.17) is 4.74 Å². The minimum atomic E-state index is -0.803. The van der Waals surface area contributed by atoms with Crippen molar-refractivity contribution >= 4 is 11.8 Å². The Bertz CT molecular complexity index is 340. The highest BCUT2D eigenvalue weighted by Gasteiger charge is 2.42. The average Bonchev–Trinajstić information content (AvgIpc) is 2.29. The maximum atomic E-state index is 12.2. The Hall–Kier alpha value is -1.10. The molecule has 1 atom stereocenters. The van der Waals surface area contributed by atoms with Crippen LogP contribution in [0.25, 0.3) is 0 Å². The van der Waals surface area contributed by atoms with Crippen LogP contribution in [0.2, 0.25) is 0 Å². The number of nitrogens with zero attached hydrogens (tertiary/aromatic N) is 1. The normalized spacial score (nSPS) is 22.8. The van der Waals surface area contributed by atoms with Gasteiger partial charge in [-0.3, -0.25) is 9.59 Å². The van der Waals surface area contributed by atoms with Gasteiger partial charge in [-0.05, 0) is 33.1 Å². The summed E-state index contributed by atoms with van der Waals surface area (Å²) in [6.45, 7) is 11.4. The average molecular weight is 270 g/mol. The van der Waals surface area contributed by atoms with Crippen molar-refractivity contribution in [1.82, 2.24) is 10.2 Å². The van der Waals surface area contributed by atoms with E-state index in [1.165, 1.54) is 0 Å². The fraction of sp³-hybridized carbons (Fsp3) is 0.857. The van der Waals surface area contributed by atoms with Crippen LogP contribution in [-0.2, 0) is 14.3 Å². The molecule has 0 aliphatic carbocycles. The minimum absolute atomic E-state index is 0.0246. The predicted molar refractivity (Wildman–Crippen MR) is 73.7 cm³/mol. The second-order valence-electron chi connectivity index (χ2n) is 6.11. The molecule has 1 N–H and O–H groups in total. The number of rotatable bonds is 6. The molecule has 0 aromatic heterocycles. The molecule has 5 heteroatoms. The van der Waals surface area contributed by atoms with Crippen molar-refractivity contribution in [2.24, 2.45) is 5.92 Å². The van der Waals surface area contributed by atoms with Gasteiger partial charge in [0.2, 0.25) is 11.8 Å². The highest BCUT2D eigenvalue weighted by atomic mass is 16.5. The molecule has 2 amide bonds. The molecule has 1 unspecified atom stereocenters. The van der Waals surface area contributed by atoms with Crippen molar-refractivity contribution < 1.29 is 14.3 Å². The Balaban J connectivity index is 2.46. The van der Waals surface area contributed by atoms with Gasteiger partial charge in [-0.25, -0.2) is 0 Å². The molecular formula is C14H26N2O3. The van der Waals surface area contributed by atoms with Crippen molar-refractivity contribution in [3.63, 3.8) is 0 Å². The molecule has 1 fully saturated rings. The third-order valence-corrected chi connectivity index (χ3v) is 3.22. The van der Waals surface area contributed by atoms with E-state index in [9.17, 15) is 9.59 Å². The molecular weight excluding hydrogens is 244 g/mol. The Morgan fingerprint density at radius 1 is 1.37 bits per heavy atom. The van der Waals surface area contributed by atoms with Crippen LogP contribution < -0.4 is 5.32 Å². The molecule has 1 aliphatic heterocycles. The predicted octanol–water partition coefficient (Wildman–Crippen LogP) is 1.17. The molecule has 0 aromatic rings. The van der Waals surface area contributed by atoms with Crippen LogP contribution in [0.3, 0.4) is 0 Å². The van der Waals surface area contributed by atoms with Crippen LogP contribution in [0.1, 0.15) is 41.0 Å². The zero-order valence-electron chi connectivity index (χ0n) is 12.7. The summed E-state index contributed by atoms with van der Waals surface area (Å²) in [6.07, 6.45) is 0.756. The Labute approximate surface area is 115 Å². The summed E-state index contributed by atoms with van der Waals surface area (Å²) in [5.74, 6) is 0.399. The van der Waals surface area contributed by atoms with Gasteiger partial charge in [-0.1, -0.05) is 13.8 Å². The number of hydrogen-bond acceptors (Lipinski definition) is 3. The molecule has 0 spiro atoms. The highest BCUT2D eigenvalue weighted by molar-refractivity contribution is 5.99. The summed E-state index contributed by atoms with van der Waals surface area (Å²) >= 11 is 0. The summed E-state index contributed by atoms with van der Waals surface area (Å²) < 4.78 is 5.50. The Kier molecular flexibility index (Phi) is 5.35. The maximum Gasteiger partial charge on any atom is 0.248 e. The number of ether oxygens (including phenoxy) is 1. The van der Waals surface area contributed by atoms with E-state index in [-0.39, 0.29) is 11.8 Å². The topological polar surface area (TPSA) is 58.6 Å². The first kappa shape index (κ1) is 16.0. The van der Waals surface area contributed by atoms with E-state index in [1.807, 2.05) is 0 Å². The fourth-order valence-electron chi connectivity index (χ4n) is 2.09. The molecule has 1 heterocycles. The van der Waals surface area contributed by atoms with Crippen molar-refractivity contribution in [1.29, 1.82) is 0 Å². The van der Waals surface area contributed by atoms with Gasteiger partial charge in [0.05, 0.1) is 0 Å². The van der Waals surface area contributed by atoms with E-state index < -0.39 is 11.6 Å². The molecule has 19 heavy (non-hydrogen) atoms. The molecule has 1 rings (SSSR count). The fourth-order valence-corrected chi connectivity index (χ4v) is 2.09. The molecule has 110 valence electrons. The minimum Gasteiger partial charge on any atom is -0.381 e. The smallest absolute Gasteiger partial charge is 0.248 e. The zero-order valence-corrected chi connectivity index (χ0v) is 12.7. The van der Waals surface area contributed by atoms with E-state index in [0.29, 0.717) is 19.1 Å². The summed E-state index contributed by atoms with van der Waals surface area (Å²) in [4.78, 5) is 25.7. The van der Waals surface area contributed by atoms with Crippen LogP contribution in [0.5, 0.6) is 0 Å². The lowest BCUT2D eigenvalue weighted by molar-refractivity contribution is -0.152. The third kappa shape index (κ3) is 4.20. The molecule has 1 saturated heterocycles. The summed E-state index contributed by atoms with van der Waals surface area (Å²) in [7, 11) is 0. The van der Waals surface area contributed by atoms with E-state index in [2.05, 4.69) is 19.2 Å². The van der Waals surface area contributed by atoms with Gasteiger partial charge in [0.15, 0.2) is 0 Å². The van der Waals surface area contributed by atoms with Gasteiger partial charge in [-0.15, -0.1) is 0 Å². The largest absolute Gasteiger partial charge is 0.381 e. The molecule has 0 aromatic carbocycles. The molecule has 0 bridgehead atoms. The Morgan fingerprint density at radius 2 is 2.00 bits per heavy atom. The number of amides is 2. The summed E-state index contributed by atoms with van der Waals surface area (Å²) in [5.41, 5.74) is -0.803. The van der Waals surface area contributed by atoms with Gasteiger partial charge in [0, 0.05) is 19.8 Å². The first-order valence-electron chi connectivity index (χ1n) is 6.96. The number of carbonyl (C=O) groups excluding carboxylic acids is 2. The second kappa shape index (κ2) is 6.37. The van der Waals surface area contributed by atoms with Gasteiger partial charge < -0.3 is 15.0 Å². The van der Waals surface area contributed by atoms with Crippen LogP contribution in [0, 0.1) is 5.92 Å². The first-order valence-corrected chi connectivity index (χ1v) is 6.96. The van der Waals surface area contributed by atoms with Gasteiger partial charge >= 0.3 is 0 Å². The van der Waals surface area contributed by atoms with Crippen LogP contribution in [0.15, 0.2) is 0 Å². The summed E-state index contributed by atoms with van der Waals surface area (Å²) in [6, 6.07) is -0.398. The SMILES string of the molecule is CC(C)COCCCN1C(=O)C(C)(C)NC(=O)C1C. The lowest BCUT2D eigenvalue weighted by Crippen LogP contribution is -2.67. The summed E-state index contributed by atoms with van der Waals surface area (Å²) in [5, 5.41) is 2.74. The van der Waals surface area contributed by atoms with Crippen LogP contribution in [-0.4, -0.2) is 48.1 Å². The number of piperazine rings is 1. The number of hydrogen-bond donors (Lipinski definition) is 1. The molecule has 5 nitrogen and oxygen atoms in total. The number of nitrogens with one attached hydrogen (secondary N) is 1. The number of carbonyl (C=O) groups is 2. The Morgan fingerprint density at radius 3 is 2.58 bits per heavy atom. The van der Waals surface area contributed by atoms with Crippen molar-refractivity contribution in [3.8, 4) is 0 Å². The van der Waals surface area contributed by atoms with Crippen molar-refractivity contribution in [2.45, 2.75) is 52.6 Å². The zero-order chi connectivity index (χ0) is 14.6. The van der Waals surface area contributed by atoms with Crippen LogP contribution >= 0.6 is 0 Å². The third-order valence-electron chi connectivity index (χ3n) is 3.22. The van der Waals surface area contributed by atoms with Crippen molar-refractivity contribution in [3.05, 3.63) is 0 Å². The monoisotopic (exact) mass is 270 g/mol. The molecule has 0 radical (unpaired) electrons. The second-order valence-corrected chi connectivity index (χ2v) is 6.11. The molecule has 1 aliphatic rings. The van der Waals surface area contributed by atoms with E-state index in [1.54, 1.807) is 25.7 Å². The van der Waals surface area contributed by atoms with Crippen molar-refractivity contribution in [2.75, 3.05) is 19.8 Å². The van der Waals surface area contributed by atoms with Crippen LogP contribution in [0.4, 0.5) is 0 Å².